The van der Waals surface area contributed by atoms with E-state index in [-0.39, 0.29) is 11.8 Å². The topological polar surface area (TPSA) is 42.0 Å². The highest BCUT2D eigenvalue weighted by Crippen LogP contribution is 2.41. The van der Waals surface area contributed by atoms with Crippen molar-refractivity contribution in [1.29, 1.82) is 0 Å². The first-order valence-electron chi connectivity index (χ1n) is 7.80. The summed E-state index contributed by atoms with van der Waals surface area (Å²) in [5.41, 5.74) is 1.63. The minimum atomic E-state index is 0.138. The lowest BCUT2D eigenvalue weighted by molar-refractivity contribution is -0.119. The van der Waals surface area contributed by atoms with Gasteiger partial charge in [0.1, 0.15) is 5.82 Å². The van der Waals surface area contributed by atoms with Crippen LogP contribution in [0.2, 0.25) is 0 Å². The number of rotatable bonds is 3. The molecule has 3 nitrogen and oxygen atoms in total. The van der Waals surface area contributed by atoms with E-state index in [4.69, 9.17) is 0 Å². The van der Waals surface area contributed by atoms with Crippen molar-refractivity contribution in [3.8, 4) is 0 Å². The average molecular weight is 272 g/mol. The van der Waals surface area contributed by atoms with E-state index in [0.29, 0.717) is 17.2 Å². The summed E-state index contributed by atoms with van der Waals surface area (Å²) < 4.78 is 0. The molecular formula is C17H24N2O. The Bertz CT molecular complexity index is 488. The van der Waals surface area contributed by atoms with Crippen molar-refractivity contribution in [2.75, 3.05) is 5.32 Å². The molecule has 3 heteroatoms. The van der Waals surface area contributed by atoms with Gasteiger partial charge in [0.25, 0.3) is 0 Å². The summed E-state index contributed by atoms with van der Waals surface area (Å²) in [6.07, 6.45) is 8.95. The standard InChI is InChI=1S/C17H24N2O/c1-17(2)9-8-13(10-17)16(20)19-15-7-6-14(11-18-15)12-4-3-5-12/h6-7,11-13H,3-5,8-10H2,1-2H3,(H,18,19,20). The molecule has 1 aromatic heterocycles. The molecule has 1 heterocycles. The van der Waals surface area contributed by atoms with Gasteiger partial charge in [0.05, 0.1) is 0 Å². The zero-order valence-electron chi connectivity index (χ0n) is 12.5. The first kappa shape index (κ1) is 13.6. The number of nitrogens with one attached hydrogen (secondary N) is 1. The van der Waals surface area contributed by atoms with Crippen LogP contribution in [-0.2, 0) is 4.79 Å². The van der Waals surface area contributed by atoms with E-state index in [1.165, 1.54) is 24.8 Å². The van der Waals surface area contributed by atoms with E-state index in [1.54, 1.807) is 0 Å². The molecule has 1 N–H and O–H groups in total. The summed E-state index contributed by atoms with van der Waals surface area (Å²) in [5.74, 6) is 1.68. The number of anilines is 1. The summed E-state index contributed by atoms with van der Waals surface area (Å²) >= 11 is 0. The second kappa shape index (κ2) is 5.19. The highest BCUT2D eigenvalue weighted by atomic mass is 16.1. The second-order valence-corrected chi connectivity index (χ2v) is 7.20. The van der Waals surface area contributed by atoms with Crippen LogP contribution in [0.5, 0.6) is 0 Å². The van der Waals surface area contributed by atoms with E-state index in [9.17, 15) is 4.79 Å². The minimum absolute atomic E-state index is 0.138. The number of hydrogen-bond acceptors (Lipinski definition) is 2. The van der Waals surface area contributed by atoms with Crippen LogP contribution in [0.4, 0.5) is 5.82 Å². The van der Waals surface area contributed by atoms with E-state index in [1.807, 2.05) is 12.3 Å². The molecule has 1 atom stereocenters. The maximum atomic E-state index is 12.2. The van der Waals surface area contributed by atoms with Gasteiger partial charge in [-0.05, 0) is 55.1 Å². The van der Waals surface area contributed by atoms with Crippen LogP contribution < -0.4 is 5.32 Å². The lowest BCUT2D eigenvalue weighted by atomic mass is 9.81. The van der Waals surface area contributed by atoms with E-state index < -0.39 is 0 Å². The molecule has 2 aliphatic rings. The summed E-state index contributed by atoms with van der Waals surface area (Å²) in [7, 11) is 0. The third-order valence-electron chi connectivity index (χ3n) is 4.95. The van der Waals surface area contributed by atoms with Gasteiger partial charge >= 0.3 is 0 Å². The molecule has 2 aliphatic carbocycles. The van der Waals surface area contributed by atoms with Crippen molar-refractivity contribution in [2.24, 2.45) is 11.3 Å². The van der Waals surface area contributed by atoms with Crippen LogP contribution in [0.3, 0.4) is 0 Å². The Morgan fingerprint density at radius 3 is 2.60 bits per heavy atom. The third-order valence-corrected chi connectivity index (χ3v) is 4.95. The largest absolute Gasteiger partial charge is 0.310 e. The number of carbonyl (C=O) groups is 1. The second-order valence-electron chi connectivity index (χ2n) is 7.20. The zero-order chi connectivity index (χ0) is 14.2. The lowest BCUT2D eigenvalue weighted by Crippen LogP contribution is -2.22. The molecule has 0 aliphatic heterocycles. The normalized spacial score (nSPS) is 25.2. The van der Waals surface area contributed by atoms with Crippen molar-refractivity contribution in [1.82, 2.24) is 4.98 Å². The maximum absolute atomic E-state index is 12.2. The highest BCUT2D eigenvalue weighted by molar-refractivity contribution is 5.91. The predicted molar refractivity (Wildman–Crippen MR) is 80.6 cm³/mol. The van der Waals surface area contributed by atoms with Gasteiger partial charge in [-0.15, -0.1) is 0 Å². The van der Waals surface area contributed by atoms with Gasteiger partial charge in [0.2, 0.25) is 5.91 Å². The molecule has 0 bridgehead atoms. The average Bonchev–Trinajstić information content (AvgIpc) is 2.70. The number of pyridine rings is 1. The number of aromatic nitrogens is 1. The van der Waals surface area contributed by atoms with Crippen LogP contribution in [-0.4, -0.2) is 10.9 Å². The predicted octanol–water partition coefficient (Wildman–Crippen LogP) is 4.11. The molecule has 0 radical (unpaired) electrons. The molecule has 1 amide bonds. The smallest absolute Gasteiger partial charge is 0.228 e. The monoisotopic (exact) mass is 272 g/mol. The van der Waals surface area contributed by atoms with Crippen LogP contribution in [0.1, 0.15) is 63.9 Å². The van der Waals surface area contributed by atoms with Crippen molar-refractivity contribution in [2.45, 2.75) is 58.3 Å². The Morgan fingerprint density at radius 2 is 2.10 bits per heavy atom. The Morgan fingerprint density at radius 1 is 1.30 bits per heavy atom. The van der Waals surface area contributed by atoms with Gasteiger partial charge in [-0.2, -0.15) is 0 Å². The Hall–Kier alpha value is -1.38. The maximum Gasteiger partial charge on any atom is 0.228 e. The summed E-state index contributed by atoms with van der Waals surface area (Å²) in [5, 5.41) is 2.97. The van der Waals surface area contributed by atoms with Gasteiger partial charge in [-0.25, -0.2) is 4.98 Å². The molecular weight excluding hydrogens is 248 g/mol. The summed E-state index contributed by atoms with van der Waals surface area (Å²) in [4.78, 5) is 16.6. The Kier molecular flexibility index (Phi) is 3.53. The fraction of sp³-hybridized carbons (Fsp3) is 0.647. The molecule has 2 fully saturated rings. The van der Waals surface area contributed by atoms with E-state index in [2.05, 4.69) is 30.2 Å². The first-order valence-corrected chi connectivity index (χ1v) is 7.80. The van der Waals surface area contributed by atoms with Crippen molar-refractivity contribution in [3.05, 3.63) is 23.9 Å². The summed E-state index contributed by atoms with van der Waals surface area (Å²) in [6, 6.07) is 4.07. The SMILES string of the molecule is CC1(C)CCC(C(=O)Nc2ccc(C3CCC3)cn2)C1. The highest BCUT2D eigenvalue weighted by Gasteiger charge is 2.35. The molecule has 3 rings (SSSR count). The zero-order valence-corrected chi connectivity index (χ0v) is 12.5. The summed E-state index contributed by atoms with van der Waals surface area (Å²) in [6.45, 7) is 4.48. The minimum Gasteiger partial charge on any atom is -0.310 e. The van der Waals surface area contributed by atoms with Gasteiger partial charge in [-0.1, -0.05) is 26.3 Å². The molecule has 0 saturated heterocycles. The number of hydrogen-bond donors (Lipinski definition) is 1. The van der Waals surface area contributed by atoms with Gasteiger partial charge in [0.15, 0.2) is 0 Å². The number of carbonyl (C=O) groups excluding carboxylic acids is 1. The van der Waals surface area contributed by atoms with Crippen LogP contribution in [0, 0.1) is 11.3 Å². The number of nitrogens with zero attached hydrogens (tertiary/aromatic N) is 1. The lowest BCUT2D eigenvalue weighted by Gasteiger charge is -2.25. The van der Waals surface area contributed by atoms with Gasteiger partial charge in [-0.3, -0.25) is 4.79 Å². The van der Waals surface area contributed by atoms with Gasteiger partial charge < -0.3 is 5.32 Å². The fourth-order valence-electron chi connectivity index (χ4n) is 3.35. The molecule has 0 aromatic carbocycles. The van der Waals surface area contributed by atoms with E-state index in [0.717, 1.165) is 19.3 Å². The van der Waals surface area contributed by atoms with Crippen LogP contribution in [0.15, 0.2) is 18.3 Å². The molecule has 108 valence electrons. The molecule has 1 aromatic rings. The Labute approximate surface area is 121 Å². The molecule has 0 spiro atoms. The first-order chi connectivity index (χ1) is 9.53. The third kappa shape index (κ3) is 2.87. The molecule has 20 heavy (non-hydrogen) atoms. The van der Waals surface area contributed by atoms with Crippen LogP contribution in [0.25, 0.3) is 0 Å². The van der Waals surface area contributed by atoms with Crippen molar-refractivity contribution >= 4 is 11.7 Å². The number of amides is 1. The quantitative estimate of drug-likeness (QED) is 0.899. The van der Waals surface area contributed by atoms with Crippen LogP contribution >= 0.6 is 0 Å². The van der Waals surface area contributed by atoms with Crippen molar-refractivity contribution < 1.29 is 4.79 Å². The van der Waals surface area contributed by atoms with Gasteiger partial charge in [0, 0.05) is 12.1 Å². The van der Waals surface area contributed by atoms with Crippen molar-refractivity contribution in [3.63, 3.8) is 0 Å². The Balaban J connectivity index is 1.58. The molecule has 2 saturated carbocycles. The fourth-order valence-corrected chi connectivity index (χ4v) is 3.35. The molecule has 1 unspecified atom stereocenters. The van der Waals surface area contributed by atoms with E-state index >= 15 is 0 Å².